The molecule has 166 valence electrons. The highest BCUT2D eigenvalue weighted by molar-refractivity contribution is 5.92. The summed E-state index contributed by atoms with van der Waals surface area (Å²) in [4.78, 5) is 24.1. The Morgan fingerprint density at radius 1 is 1.23 bits per heavy atom. The lowest BCUT2D eigenvalue weighted by molar-refractivity contribution is -0.144. The zero-order valence-corrected chi connectivity index (χ0v) is 17.2. The molecule has 3 heterocycles. The van der Waals surface area contributed by atoms with E-state index in [9.17, 15) is 18.0 Å². The van der Waals surface area contributed by atoms with Crippen molar-refractivity contribution in [2.45, 2.75) is 32.9 Å². The lowest BCUT2D eigenvalue weighted by Crippen LogP contribution is -2.16. The monoisotopic (exact) mass is 438 g/mol. The van der Waals surface area contributed by atoms with Crippen molar-refractivity contribution in [3.05, 3.63) is 41.1 Å². The van der Waals surface area contributed by atoms with Crippen LogP contribution < -0.4 is 10.1 Å². The maximum absolute atomic E-state index is 12.9. The van der Waals surface area contributed by atoms with Gasteiger partial charge in [-0.3, -0.25) is 4.79 Å². The number of nitrogens with one attached hydrogen (secondary N) is 1. The Balaban J connectivity index is 1.72. The first-order valence-corrected chi connectivity index (χ1v) is 9.37. The van der Waals surface area contributed by atoms with Crippen molar-refractivity contribution >= 4 is 17.4 Å². The summed E-state index contributed by atoms with van der Waals surface area (Å²) in [6, 6.07) is 3.32. The number of halogens is 3. The van der Waals surface area contributed by atoms with Crippen LogP contribution >= 0.6 is 0 Å². The summed E-state index contributed by atoms with van der Waals surface area (Å²) in [5.41, 5.74) is 1.98. The zero-order chi connectivity index (χ0) is 22.6. The van der Waals surface area contributed by atoms with Gasteiger partial charge in [-0.05, 0) is 38.0 Å². The quantitative estimate of drug-likeness (QED) is 0.540. The van der Waals surface area contributed by atoms with Gasteiger partial charge < -0.3 is 14.8 Å². The van der Waals surface area contributed by atoms with Gasteiger partial charge in [0.1, 0.15) is 12.3 Å². The van der Waals surface area contributed by atoms with E-state index >= 15 is 0 Å². The molecule has 0 spiro atoms. The Morgan fingerprint density at radius 3 is 2.71 bits per heavy atom. The molecule has 0 fully saturated rings. The fraction of sp³-hybridized carbons (Fsp3) is 0.421. The van der Waals surface area contributed by atoms with E-state index in [1.54, 1.807) is 39.3 Å². The van der Waals surface area contributed by atoms with Gasteiger partial charge in [-0.2, -0.15) is 18.2 Å². The molecular formula is C19H21F3N6O3. The topological polar surface area (TPSA) is 104 Å². The van der Waals surface area contributed by atoms with Crippen LogP contribution in [0.4, 0.5) is 18.9 Å². The second-order valence-corrected chi connectivity index (χ2v) is 6.65. The third kappa shape index (κ3) is 5.26. The molecule has 0 aromatic carbocycles. The number of hydrogen-bond acceptors (Lipinski definition) is 7. The van der Waals surface area contributed by atoms with Crippen molar-refractivity contribution in [3.63, 3.8) is 0 Å². The average Bonchev–Trinajstić information content (AvgIpc) is 3.14. The standard InChI is InChI=1S/C19H21F3N6O3/c1-11-13(12(2)28-18(24-11)26-17(27-28)19(20,21)22)6-7-15(29)25-14-5-4-8-23-16(14)31-10-9-30-3/h4-5,8H,6-7,9-10H2,1-3H3,(H,25,29). The Labute approximate surface area is 175 Å². The van der Waals surface area contributed by atoms with Crippen LogP contribution in [0.1, 0.15) is 29.2 Å². The highest BCUT2D eigenvalue weighted by Gasteiger charge is 2.37. The van der Waals surface area contributed by atoms with Gasteiger partial charge in [-0.25, -0.2) is 14.5 Å². The molecule has 1 N–H and O–H groups in total. The predicted octanol–water partition coefficient (Wildman–Crippen LogP) is 2.75. The third-order valence-corrected chi connectivity index (χ3v) is 4.48. The molecule has 9 nitrogen and oxygen atoms in total. The second-order valence-electron chi connectivity index (χ2n) is 6.65. The predicted molar refractivity (Wildman–Crippen MR) is 104 cm³/mol. The summed E-state index contributed by atoms with van der Waals surface area (Å²) in [5.74, 6) is -1.43. The molecule has 0 aliphatic carbocycles. The highest BCUT2D eigenvalue weighted by atomic mass is 19.4. The summed E-state index contributed by atoms with van der Waals surface area (Å²) in [6.07, 6.45) is -2.80. The van der Waals surface area contributed by atoms with Crippen molar-refractivity contribution in [2.24, 2.45) is 0 Å². The number of carbonyl (C=O) groups excluding carboxylic acids is 1. The normalized spacial score (nSPS) is 11.7. The van der Waals surface area contributed by atoms with Crippen LogP contribution in [0.3, 0.4) is 0 Å². The van der Waals surface area contributed by atoms with E-state index in [0.717, 1.165) is 4.52 Å². The smallest absolute Gasteiger partial charge is 0.453 e. The molecule has 3 aromatic rings. The van der Waals surface area contributed by atoms with E-state index in [1.165, 1.54) is 0 Å². The Kier molecular flexibility index (Phi) is 6.68. The van der Waals surface area contributed by atoms with Crippen molar-refractivity contribution in [3.8, 4) is 5.88 Å². The van der Waals surface area contributed by atoms with Crippen LogP contribution in [0.15, 0.2) is 18.3 Å². The number of methoxy groups -OCH3 is 1. The minimum atomic E-state index is -4.67. The average molecular weight is 438 g/mol. The van der Waals surface area contributed by atoms with E-state index < -0.39 is 12.0 Å². The van der Waals surface area contributed by atoms with Gasteiger partial charge in [0.25, 0.3) is 11.6 Å². The summed E-state index contributed by atoms with van der Waals surface area (Å²) >= 11 is 0. The molecule has 0 aliphatic rings. The van der Waals surface area contributed by atoms with Crippen LogP contribution in [-0.4, -0.2) is 50.8 Å². The van der Waals surface area contributed by atoms with Gasteiger partial charge in [-0.1, -0.05) is 0 Å². The number of nitrogens with zero attached hydrogens (tertiary/aromatic N) is 5. The lowest BCUT2D eigenvalue weighted by atomic mass is 10.1. The third-order valence-electron chi connectivity index (χ3n) is 4.48. The van der Waals surface area contributed by atoms with Crippen molar-refractivity contribution in [1.29, 1.82) is 0 Å². The van der Waals surface area contributed by atoms with E-state index in [4.69, 9.17) is 9.47 Å². The number of pyridine rings is 1. The van der Waals surface area contributed by atoms with E-state index in [2.05, 4.69) is 25.4 Å². The van der Waals surface area contributed by atoms with Gasteiger partial charge in [0.15, 0.2) is 0 Å². The number of ether oxygens (including phenoxy) is 2. The Morgan fingerprint density at radius 2 is 2.00 bits per heavy atom. The van der Waals surface area contributed by atoms with Crippen molar-refractivity contribution in [1.82, 2.24) is 24.6 Å². The van der Waals surface area contributed by atoms with Crippen LogP contribution in [0.25, 0.3) is 5.78 Å². The maximum atomic E-state index is 12.9. The van der Waals surface area contributed by atoms with E-state index in [-0.39, 0.29) is 37.0 Å². The number of aryl methyl sites for hydroxylation is 2. The summed E-state index contributed by atoms with van der Waals surface area (Å²) in [7, 11) is 1.55. The molecule has 0 bridgehead atoms. The van der Waals surface area contributed by atoms with E-state index in [0.29, 0.717) is 29.2 Å². The molecule has 0 saturated heterocycles. The molecular weight excluding hydrogens is 417 g/mol. The molecule has 0 radical (unpaired) electrons. The molecule has 0 aliphatic heterocycles. The molecule has 1 amide bonds. The first-order valence-electron chi connectivity index (χ1n) is 9.37. The number of rotatable bonds is 8. The Hall–Kier alpha value is -3.28. The zero-order valence-electron chi connectivity index (χ0n) is 17.2. The molecule has 0 atom stereocenters. The number of fused-ring (bicyclic) bond motifs is 1. The van der Waals surface area contributed by atoms with Crippen molar-refractivity contribution < 1.29 is 27.4 Å². The fourth-order valence-electron chi connectivity index (χ4n) is 2.96. The fourth-order valence-corrected chi connectivity index (χ4v) is 2.96. The number of carbonyl (C=O) groups is 1. The highest BCUT2D eigenvalue weighted by Crippen LogP contribution is 2.27. The van der Waals surface area contributed by atoms with Gasteiger partial charge >= 0.3 is 6.18 Å². The lowest BCUT2D eigenvalue weighted by Gasteiger charge is -2.12. The van der Waals surface area contributed by atoms with Gasteiger partial charge in [-0.15, -0.1) is 5.10 Å². The first-order chi connectivity index (χ1) is 14.7. The number of amides is 1. The van der Waals surface area contributed by atoms with E-state index in [1.807, 2.05) is 0 Å². The van der Waals surface area contributed by atoms with Crippen molar-refractivity contribution in [2.75, 3.05) is 25.6 Å². The minimum absolute atomic E-state index is 0.0715. The summed E-state index contributed by atoms with van der Waals surface area (Å²) < 4.78 is 50.2. The number of hydrogen-bond donors (Lipinski definition) is 1. The SMILES string of the molecule is COCCOc1ncccc1NC(=O)CCc1c(C)nc2nc(C(F)(F)F)nn2c1C. The molecule has 12 heteroatoms. The summed E-state index contributed by atoms with van der Waals surface area (Å²) in [5, 5.41) is 6.25. The van der Waals surface area contributed by atoms with Crippen LogP contribution in [0.2, 0.25) is 0 Å². The van der Waals surface area contributed by atoms with Gasteiger partial charge in [0.05, 0.1) is 6.61 Å². The number of aromatic nitrogens is 5. The molecule has 3 aromatic heterocycles. The molecule has 31 heavy (non-hydrogen) atoms. The largest absolute Gasteiger partial charge is 0.474 e. The number of alkyl halides is 3. The molecule has 3 rings (SSSR count). The van der Waals surface area contributed by atoms with Crippen LogP contribution in [-0.2, 0) is 22.1 Å². The maximum Gasteiger partial charge on any atom is 0.453 e. The summed E-state index contributed by atoms with van der Waals surface area (Å²) in [6.45, 7) is 3.92. The molecule has 0 unspecified atom stereocenters. The number of anilines is 1. The second kappa shape index (κ2) is 9.25. The van der Waals surface area contributed by atoms with Gasteiger partial charge in [0, 0.05) is 31.1 Å². The van der Waals surface area contributed by atoms with Crippen LogP contribution in [0.5, 0.6) is 5.88 Å². The first kappa shape index (κ1) is 22.4. The van der Waals surface area contributed by atoms with Crippen LogP contribution in [0, 0.1) is 13.8 Å². The Bertz CT molecular complexity index is 1080. The minimum Gasteiger partial charge on any atom is -0.474 e. The van der Waals surface area contributed by atoms with Gasteiger partial charge in [0.2, 0.25) is 11.8 Å². The molecule has 0 saturated carbocycles.